The van der Waals surface area contributed by atoms with Crippen LogP contribution in [0.15, 0.2) is 48.9 Å². The van der Waals surface area contributed by atoms with Crippen LogP contribution in [0, 0.1) is 17.2 Å². The second-order valence-corrected chi connectivity index (χ2v) is 10.8. The Hall–Kier alpha value is -4.49. The Morgan fingerprint density at radius 3 is 2.55 bits per heavy atom. The van der Waals surface area contributed by atoms with Crippen molar-refractivity contribution in [1.82, 2.24) is 25.1 Å². The van der Waals surface area contributed by atoms with Crippen LogP contribution in [0.5, 0.6) is 5.75 Å². The first kappa shape index (κ1) is 29.0. The minimum atomic E-state index is -0.212. The lowest BCUT2D eigenvalue weighted by Gasteiger charge is -2.28. The van der Waals surface area contributed by atoms with E-state index in [0.717, 1.165) is 36.6 Å². The normalized spacial score (nSPS) is 16.5. The number of ether oxygens (including phenoxy) is 2. The van der Waals surface area contributed by atoms with Crippen LogP contribution >= 0.6 is 11.6 Å². The highest BCUT2D eigenvalue weighted by Gasteiger charge is 2.26. The summed E-state index contributed by atoms with van der Waals surface area (Å²) in [4.78, 5) is 34.3. The molecule has 2 heterocycles. The molecule has 2 aromatic carbocycles. The van der Waals surface area contributed by atoms with Gasteiger partial charge in [-0.3, -0.25) is 14.3 Å². The number of nitriles is 1. The maximum Gasteiger partial charge on any atom is 0.306 e. The van der Waals surface area contributed by atoms with E-state index in [1.807, 2.05) is 6.92 Å². The summed E-state index contributed by atoms with van der Waals surface area (Å²) >= 11 is 6.38. The molecule has 1 saturated carbocycles. The summed E-state index contributed by atoms with van der Waals surface area (Å²) in [5, 5.41) is 18.2. The standard InChI is InChI=1S/C31H31ClN6O4/c1-3-42-28(39)10-19-4-6-25(7-5-19)37-31(40)27-13-24(32)11-23-17-36-38(29(23)27)18-21-15-34-30(35-16-21)22-8-20(14-33)9-26(12-22)41-2/h8-9,11-13,15-17,19,25H,3-7,10,18H2,1-2H3,(H,37,40). The predicted octanol–water partition coefficient (Wildman–Crippen LogP) is 5.32. The van der Waals surface area contributed by atoms with Gasteiger partial charge in [0.05, 0.1) is 49.2 Å². The third-order valence-electron chi connectivity index (χ3n) is 7.45. The lowest BCUT2D eigenvalue weighted by Crippen LogP contribution is -2.38. The molecule has 2 aromatic heterocycles. The van der Waals surface area contributed by atoms with Gasteiger partial charge in [0, 0.05) is 46.4 Å². The average Bonchev–Trinajstić information content (AvgIpc) is 3.39. The second kappa shape index (κ2) is 13.0. The molecule has 0 aliphatic heterocycles. The summed E-state index contributed by atoms with van der Waals surface area (Å²) in [5.41, 5.74) is 3.03. The van der Waals surface area contributed by atoms with Crippen molar-refractivity contribution >= 4 is 34.4 Å². The first-order valence-corrected chi connectivity index (χ1v) is 14.3. The van der Waals surface area contributed by atoms with Gasteiger partial charge in [-0.1, -0.05) is 11.6 Å². The van der Waals surface area contributed by atoms with Crippen molar-refractivity contribution in [1.29, 1.82) is 5.26 Å². The minimum absolute atomic E-state index is 0.0143. The van der Waals surface area contributed by atoms with Crippen LogP contribution in [0.4, 0.5) is 0 Å². The van der Waals surface area contributed by atoms with Gasteiger partial charge < -0.3 is 14.8 Å². The summed E-state index contributed by atoms with van der Waals surface area (Å²) in [6.07, 6.45) is 8.82. The predicted molar refractivity (Wildman–Crippen MR) is 157 cm³/mol. The van der Waals surface area contributed by atoms with E-state index in [9.17, 15) is 14.9 Å². The van der Waals surface area contributed by atoms with Crippen molar-refractivity contribution in [3.8, 4) is 23.2 Å². The van der Waals surface area contributed by atoms with E-state index in [1.54, 1.807) is 60.7 Å². The quantitative estimate of drug-likeness (QED) is 0.261. The second-order valence-electron chi connectivity index (χ2n) is 10.4. The molecular formula is C31H31ClN6O4. The molecule has 0 unspecified atom stereocenters. The van der Waals surface area contributed by atoms with E-state index in [0.29, 0.717) is 58.4 Å². The van der Waals surface area contributed by atoms with Crippen LogP contribution in [0.3, 0.4) is 0 Å². The zero-order valence-electron chi connectivity index (χ0n) is 23.5. The molecule has 4 aromatic rings. The summed E-state index contributed by atoms with van der Waals surface area (Å²) in [6, 6.07) is 10.7. The highest BCUT2D eigenvalue weighted by Crippen LogP contribution is 2.29. The van der Waals surface area contributed by atoms with Gasteiger partial charge >= 0.3 is 5.97 Å². The number of methoxy groups -OCH3 is 1. The Labute approximate surface area is 248 Å². The van der Waals surface area contributed by atoms with Crippen molar-refractivity contribution in [2.45, 2.75) is 51.6 Å². The highest BCUT2D eigenvalue weighted by molar-refractivity contribution is 6.32. The van der Waals surface area contributed by atoms with Crippen molar-refractivity contribution in [2.75, 3.05) is 13.7 Å². The van der Waals surface area contributed by atoms with Crippen molar-refractivity contribution in [3.05, 3.63) is 70.6 Å². The number of nitrogens with one attached hydrogen (secondary N) is 1. The van der Waals surface area contributed by atoms with Crippen molar-refractivity contribution in [3.63, 3.8) is 0 Å². The molecule has 1 fully saturated rings. The Morgan fingerprint density at radius 1 is 1.10 bits per heavy atom. The van der Waals surface area contributed by atoms with E-state index in [1.165, 1.54) is 0 Å². The van der Waals surface area contributed by atoms with Crippen LogP contribution < -0.4 is 10.1 Å². The highest BCUT2D eigenvalue weighted by atomic mass is 35.5. The third kappa shape index (κ3) is 6.69. The van der Waals surface area contributed by atoms with E-state index in [-0.39, 0.29) is 23.8 Å². The Kier molecular flexibility index (Phi) is 8.98. The SMILES string of the molecule is CCOC(=O)CC1CCC(NC(=O)c2cc(Cl)cc3cnn(Cc4cnc(-c5cc(C#N)cc(OC)c5)nc4)c23)CC1. The number of carbonyl (C=O) groups is 2. The molecule has 216 valence electrons. The number of rotatable bonds is 9. The topological polar surface area (TPSA) is 132 Å². The van der Waals surface area contributed by atoms with E-state index in [2.05, 4.69) is 26.5 Å². The Morgan fingerprint density at radius 2 is 1.86 bits per heavy atom. The lowest BCUT2D eigenvalue weighted by atomic mass is 9.84. The third-order valence-corrected chi connectivity index (χ3v) is 7.67. The molecule has 1 N–H and O–H groups in total. The maximum absolute atomic E-state index is 13.5. The number of halogens is 1. The maximum atomic E-state index is 13.5. The number of benzene rings is 2. The van der Waals surface area contributed by atoms with Crippen molar-refractivity contribution in [2.24, 2.45) is 5.92 Å². The van der Waals surface area contributed by atoms with Gasteiger partial charge in [-0.25, -0.2) is 9.97 Å². The summed E-state index contributed by atoms with van der Waals surface area (Å²) in [7, 11) is 1.54. The fourth-order valence-electron chi connectivity index (χ4n) is 5.39. The molecule has 11 heteroatoms. The van der Waals surface area contributed by atoms with Gasteiger partial charge in [-0.15, -0.1) is 0 Å². The number of aromatic nitrogens is 4. The van der Waals surface area contributed by atoms with Gasteiger partial charge in [0.25, 0.3) is 5.91 Å². The number of amides is 1. The number of carbonyl (C=O) groups excluding carboxylic acids is 2. The van der Waals surface area contributed by atoms with E-state index in [4.69, 9.17) is 21.1 Å². The number of hydrogen-bond donors (Lipinski definition) is 1. The number of fused-ring (bicyclic) bond motifs is 1. The van der Waals surface area contributed by atoms with Gasteiger partial charge in [0.1, 0.15) is 5.75 Å². The van der Waals surface area contributed by atoms with Gasteiger partial charge in [0.15, 0.2) is 5.82 Å². The number of esters is 1. The molecule has 0 spiro atoms. The molecule has 0 atom stereocenters. The van der Waals surface area contributed by atoms with Crippen LogP contribution in [-0.4, -0.2) is 51.4 Å². The van der Waals surface area contributed by atoms with Crippen LogP contribution in [-0.2, 0) is 16.1 Å². The molecule has 1 aliphatic rings. The van der Waals surface area contributed by atoms with Crippen molar-refractivity contribution < 1.29 is 19.1 Å². The molecule has 10 nitrogen and oxygen atoms in total. The minimum Gasteiger partial charge on any atom is -0.497 e. The molecule has 42 heavy (non-hydrogen) atoms. The van der Waals surface area contributed by atoms with Gasteiger partial charge in [-0.05, 0) is 68.9 Å². The molecule has 0 bridgehead atoms. The Bertz CT molecular complexity index is 1640. The van der Waals surface area contributed by atoms with Crippen LogP contribution in [0.25, 0.3) is 22.3 Å². The fraction of sp³-hybridized carbons (Fsp3) is 0.355. The summed E-state index contributed by atoms with van der Waals surface area (Å²) in [5.74, 6) is 0.920. The lowest BCUT2D eigenvalue weighted by molar-refractivity contribution is -0.144. The molecule has 0 radical (unpaired) electrons. The first-order chi connectivity index (χ1) is 20.4. The monoisotopic (exact) mass is 586 g/mol. The van der Waals surface area contributed by atoms with Crippen LogP contribution in [0.1, 0.15) is 60.5 Å². The average molecular weight is 587 g/mol. The number of hydrogen-bond acceptors (Lipinski definition) is 8. The van der Waals surface area contributed by atoms with E-state index < -0.39 is 0 Å². The molecule has 1 amide bonds. The van der Waals surface area contributed by atoms with Crippen LogP contribution in [0.2, 0.25) is 5.02 Å². The molecule has 5 rings (SSSR count). The summed E-state index contributed by atoms with van der Waals surface area (Å²) in [6.45, 7) is 2.54. The van der Waals surface area contributed by atoms with Gasteiger partial charge in [-0.2, -0.15) is 10.4 Å². The summed E-state index contributed by atoms with van der Waals surface area (Å²) < 4.78 is 12.1. The zero-order valence-corrected chi connectivity index (χ0v) is 24.2. The van der Waals surface area contributed by atoms with Gasteiger partial charge in [0.2, 0.25) is 0 Å². The van der Waals surface area contributed by atoms with E-state index >= 15 is 0 Å². The molecule has 0 saturated heterocycles. The largest absolute Gasteiger partial charge is 0.497 e. The zero-order chi connectivity index (χ0) is 29.6. The smallest absolute Gasteiger partial charge is 0.306 e. The molecule has 1 aliphatic carbocycles. The first-order valence-electron chi connectivity index (χ1n) is 13.9. The fourth-order valence-corrected chi connectivity index (χ4v) is 5.61. The molecular weight excluding hydrogens is 556 g/mol. The Balaban J connectivity index is 1.31. The number of nitrogens with zero attached hydrogens (tertiary/aromatic N) is 5.